The van der Waals surface area contributed by atoms with Gasteiger partial charge in [0.15, 0.2) is 5.90 Å². The van der Waals surface area contributed by atoms with E-state index < -0.39 is 28.9 Å². The Bertz CT molecular complexity index is 1400. The minimum absolute atomic E-state index is 0.0292. The Labute approximate surface area is 202 Å². The van der Waals surface area contributed by atoms with Crippen LogP contribution in [-0.2, 0) is 32.6 Å². The fourth-order valence-electron chi connectivity index (χ4n) is 3.98. The quantitative estimate of drug-likeness (QED) is 0.570. The number of benzene rings is 2. The molecule has 0 radical (unpaired) electrons. The van der Waals surface area contributed by atoms with E-state index in [4.69, 9.17) is 16.3 Å². The highest BCUT2D eigenvalue weighted by molar-refractivity contribution is 6.30. The number of alkyl halides is 3. The second-order valence-corrected chi connectivity index (χ2v) is 8.57. The van der Waals surface area contributed by atoms with Crippen LogP contribution < -0.4 is 16.0 Å². The van der Waals surface area contributed by atoms with Crippen molar-refractivity contribution in [2.45, 2.75) is 25.6 Å². The number of ether oxygens (including phenoxy) is 1. The summed E-state index contributed by atoms with van der Waals surface area (Å²) in [5, 5.41) is 9.98. The zero-order chi connectivity index (χ0) is 25.3. The molecule has 11 heteroatoms. The number of fused-ring (bicyclic) bond motifs is 1. The fourth-order valence-corrected chi connectivity index (χ4v) is 4.11. The minimum atomic E-state index is -4.56. The average Bonchev–Trinajstić information content (AvgIpc) is 2.82. The zero-order valence-electron chi connectivity index (χ0n) is 18.6. The molecule has 1 N–H and O–H groups in total. The molecule has 1 unspecified atom stereocenters. The second kappa shape index (κ2) is 9.71. The van der Waals surface area contributed by atoms with E-state index >= 15 is 0 Å². The first-order valence-electron chi connectivity index (χ1n) is 10.7. The van der Waals surface area contributed by atoms with Gasteiger partial charge in [-0.2, -0.15) is 18.2 Å². The number of aliphatic hydroxyl groups excluding tert-OH is 1. The first-order valence-corrected chi connectivity index (χ1v) is 11.1. The van der Waals surface area contributed by atoms with Crippen molar-refractivity contribution in [3.05, 3.63) is 91.1 Å². The highest BCUT2D eigenvalue weighted by Crippen LogP contribution is 2.33. The zero-order valence-corrected chi connectivity index (χ0v) is 19.3. The molecule has 0 saturated carbocycles. The van der Waals surface area contributed by atoms with Gasteiger partial charge in [-0.1, -0.05) is 29.8 Å². The van der Waals surface area contributed by atoms with Gasteiger partial charge in [0.2, 0.25) is 0 Å². The van der Waals surface area contributed by atoms with Crippen molar-refractivity contribution in [2.24, 2.45) is 18.0 Å². The summed E-state index contributed by atoms with van der Waals surface area (Å²) in [5.41, 5.74) is -0.963. The molecule has 1 aromatic heterocycles. The lowest BCUT2D eigenvalue weighted by Crippen LogP contribution is -2.43. The average molecular weight is 508 g/mol. The van der Waals surface area contributed by atoms with Crippen LogP contribution in [0, 0.1) is 5.92 Å². The third kappa shape index (κ3) is 5.18. The SMILES string of the molecule is Cn1c(=O)c2c(n(CCO)c1=O)N=C(Oc1cccc(C(F)(F)F)c1)C(Cc1ccc(Cl)cc1)C2. The maximum Gasteiger partial charge on any atom is 0.416 e. The molecule has 0 aliphatic carbocycles. The molecule has 0 amide bonds. The van der Waals surface area contributed by atoms with Crippen molar-refractivity contribution >= 4 is 23.3 Å². The van der Waals surface area contributed by atoms with Crippen molar-refractivity contribution in [2.75, 3.05) is 6.61 Å². The van der Waals surface area contributed by atoms with Gasteiger partial charge in [-0.25, -0.2) is 4.79 Å². The number of hydrogen-bond acceptors (Lipinski definition) is 5. The van der Waals surface area contributed by atoms with Gasteiger partial charge >= 0.3 is 11.9 Å². The molecule has 2 heterocycles. The summed E-state index contributed by atoms with van der Waals surface area (Å²) in [5.74, 6) is -0.499. The number of aromatic nitrogens is 2. The van der Waals surface area contributed by atoms with Crippen LogP contribution in [0.25, 0.3) is 0 Å². The van der Waals surface area contributed by atoms with E-state index in [1.807, 2.05) is 0 Å². The van der Waals surface area contributed by atoms with Gasteiger partial charge in [-0.05, 0) is 48.7 Å². The lowest BCUT2D eigenvalue weighted by atomic mass is 9.91. The Morgan fingerprint density at radius 1 is 1.17 bits per heavy atom. The van der Waals surface area contributed by atoms with Gasteiger partial charge in [0.25, 0.3) is 5.56 Å². The molecular formula is C24H21ClF3N3O4. The Hall–Kier alpha value is -3.37. The Kier molecular flexibility index (Phi) is 6.86. The molecule has 0 saturated heterocycles. The van der Waals surface area contributed by atoms with Crippen molar-refractivity contribution in [3.8, 4) is 5.75 Å². The largest absolute Gasteiger partial charge is 0.443 e. The Balaban J connectivity index is 1.82. The summed E-state index contributed by atoms with van der Waals surface area (Å²) in [6, 6.07) is 11.4. The molecule has 1 aliphatic heterocycles. The van der Waals surface area contributed by atoms with Gasteiger partial charge in [0.05, 0.1) is 24.3 Å². The highest BCUT2D eigenvalue weighted by atomic mass is 35.5. The van der Waals surface area contributed by atoms with Crippen molar-refractivity contribution in [1.29, 1.82) is 0 Å². The van der Waals surface area contributed by atoms with E-state index in [2.05, 4.69) is 4.99 Å². The molecule has 35 heavy (non-hydrogen) atoms. The van der Waals surface area contributed by atoms with Crippen molar-refractivity contribution < 1.29 is 23.0 Å². The standard InChI is InChI=1S/C24H21ClF3N3O4/c1-30-22(33)19-12-15(11-14-5-7-17(25)8-6-14)21(29-20(19)31(9-10-32)23(30)34)35-18-4-2-3-16(13-18)24(26,27)28/h2-8,13,15,32H,9-12H2,1H3. The number of nitrogens with zero attached hydrogens (tertiary/aromatic N) is 3. The van der Waals surface area contributed by atoms with Crippen LogP contribution in [0.4, 0.5) is 19.0 Å². The number of hydrogen-bond donors (Lipinski definition) is 1. The summed E-state index contributed by atoms with van der Waals surface area (Å²) in [4.78, 5) is 30.0. The van der Waals surface area contributed by atoms with Crippen LogP contribution in [0.15, 0.2) is 63.1 Å². The molecule has 1 atom stereocenters. The van der Waals surface area contributed by atoms with Gasteiger partial charge < -0.3 is 9.84 Å². The van der Waals surface area contributed by atoms with Crippen LogP contribution in [0.5, 0.6) is 5.75 Å². The van der Waals surface area contributed by atoms with Gasteiger partial charge in [0, 0.05) is 18.0 Å². The van der Waals surface area contributed by atoms with Crippen molar-refractivity contribution in [1.82, 2.24) is 9.13 Å². The molecule has 0 bridgehead atoms. The van der Waals surface area contributed by atoms with Crippen LogP contribution in [0.2, 0.25) is 5.02 Å². The second-order valence-electron chi connectivity index (χ2n) is 8.13. The molecule has 0 spiro atoms. The first kappa shape index (κ1) is 24.7. The lowest BCUT2D eigenvalue weighted by molar-refractivity contribution is -0.137. The smallest absolute Gasteiger partial charge is 0.416 e. The van der Waals surface area contributed by atoms with E-state index in [1.165, 1.54) is 19.2 Å². The Morgan fingerprint density at radius 2 is 1.89 bits per heavy atom. The first-order chi connectivity index (χ1) is 16.6. The number of rotatable bonds is 5. The molecule has 7 nitrogen and oxygen atoms in total. The molecule has 1 aliphatic rings. The van der Waals surface area contributed by atoms with Crippen LogP contribution in [0.1, 0.15) is 16.7 Å². The monoisotopic (exact) mass is 507 g/mol. The summed E-state index contributed by atoms with van der Waals surface area (Å²) < 4.78 is 47.6. The summed E-state index contributed by atoms with van der Waals surface area (Å²) in [7, 11) is 1.34. The number of aliphatic hydroxyl groups is 1. The third-order valence-corrected chi connectivity index (χ3v) is 5.98. The van der Waals surface area contributed by atoms with Gasteiger partial charge in [-0.3, -0.25) is 13.9 Å². The normalized spacial score (nSPS) is 15.5. The van der Waals surface area contributed by atoms with Crippen molar-refractivity contribution in [3.63, 3.8) is 0 Å². The molecular weight excluding hydrogens is 487 g/mol. The van der Waals surface area contributed by atoms with E-state index in [-0.39, 0.29) is 42.6 Å². The van der Waals surface area contributed by atoms with Gasteiger partial charge in [0.1, 0.15) is 11.6 Å². The third-order valence-electron chi connectivity index (χ3n) is 5.72. The maximum atomic E-state index is 13.2. The molecule has 184 valence electrons. The van der Waals surface area contributed by atoms with E-state index in [0.29, 0.717) is 11.4 Å². The predicted molar refractivity (Wildman–Crippen MR) is 125 cm³/mol. The van der Waals surface area contributed by atoms with Crippen LogP contribution >= 0.6 is 11.6 Å². The number of halogens is 4. The minimum Gasteiger partial charge on any atom is -0.443 e. The summed E-state index contributed by atoms with van der Waals surface area (Å²) >= 11 is 5.97. The summed E-state index contributed by atoms with van der Waals surface area (Å²) in [6.07, 6.45) is -4.07. The molecule has 3 aromatic rings. The van der Waals surface area contributed by atoms with E-state index in [0.717, 1.165) is 26.8 Å². The number of aliphatic imine (C=N–C) groups is 1. The maximum absolute atomic E-state index is 13.2. The molecule has 2 aromatic carbocycles. The Morgan fingerprint density at radius 3 is 2.54 bits per heavy atom. The molecule has 4 rings (SSSR count). The topological polar surface area (TPSA) is 85.8 Å². The molecule has 0 fully saturated rings. The highest BCUT2D eigenvalue weighted by Gasteiger charge is 2.33. The van der Waals surface area contributed by atoms with Gasteiger partial charge in [-0.15, -0.1) is 0 Å². The van der Waals surface area contributed by atoms with E-state index in [9.17, 15) is 27.9 Å². The summed E-state index contributed by atoms with van der Waals surface area (Å²) in [6.45, 7) is -0.491. The van der Waals surface area contributed by atoms with Crippen LogP contribution in [-0.4, -0.2) is 26.7 Å². The lowest BCUT2D eigenvalue weighted by Gasteiger charge is -2.26. The van der Waals surface area contributed by atoms with Crippen LogP contribution in [0.3, 0.4) is 0 Å². The van der Waals surface area contributed by atoms with E-state index in [1.54, 1.807) is 24.3 Å². The predicted octanol–water partition coefficient (Wildman–Crippen LogP) is 3.74. The fraction of sp³-hybridized carbons (Fsp3) is 0.292.